The second-order valence-corrected chi connectivity index (χ2v) is 17.3. The summed E-state index contributed by atoms with van der Waals surface area (Å²) in [6.45, 7) is 14.3. The van der Waals surface area contributed by atoms with Crippen LogP contribution in [-0.2, 0) is 0 Å². The lowest BCUT2D eigenvalue weighted by Gasteiger charge is -2.24. The van der Waals surface area contributed by atoms with Crippen LogP contribution in [0.2, 0.25) is 0 Å². The molecule has 5 aliphatic heterocycles. The van der Waals surface area contributed by atoms with E-state index in [0.717, 1.165) is 121 Å². The number of likely N-dealkylation sites (tertiary alicyclic amines) is 3. The van der Waals surface area contributed by atoms with Gasteiger partial charge in [0.2, 0.25) is 0 Å². The standard InChI is InChI=1S/C22H30FN3S.C20H25N3S.C5H11N/c1-16-8-4-3-5-10-24-11-9-21(27)22(16)25-19-15-18(23)20(14-17(19)2)26-12-6-7-13-26;24-20-15-18(23-13-3-4-14-23)9-10-19(20)21-16-5-7-17(8-6-16)22-11-1-2-12-22;1-6-4-2-3-5-6/h8-9,11,14,24,27H,3-7,10,12-13,15H2,1-2H3;5,7-10,15,24H,1-4,6,11-14H2;2-5H2,1H3/b11-9+,16-8-,22-21-,25-19?;;. The Balaban J connectivity index is 0.000000169. The molecule has 0 saturated carbocycles. The molecule has 57 heavy (non-hydrogen) atoms. The second-order valence-electron chi connectivity index (χ2n) is 16.3. The van der Waals surface area contributed by atoms with E-state index < -0.39 is 0 Å². The molecule has 0 spiro atoms. The summed E-state index contributed by atoms with van der Waals surface area (Å²) in [5.74, 6) is -0.0712. The van der Waals surface area contributed by atoms with Gasteiger partial charge >= 0.3 is 0 Å². The van der Waals surface area contributed by atoms with E-state index in [1.807, 2.05) is 25.3 Å². The van der Waals surface area contributed by atoms with Crippen LogP contribution in [0.5, 0.6) is 0 Å². The van der Waals surface area contributed by atoms with E-state index >= 15 is 0 Å². The summed E-state index contributed by atoms with van der Waals surface area (Å²) in [7, 11) is 2.17. The minimum absolute atomic E-state index is 0.0712. The smallest absolute Gasteiger partial charge is 0.129 e. The molecule has 4 saturated heterocycles. The molecule has 0 aromatic heterocycles. The van der Waals surface area contributed by atoms with Crippen molar-refractivity contribution in [2.45, 2.75) is 102 Å². The quantitative estimate of drug-likeness (QED) is 0.259. The van der Waals surface area contributed by atoms with Gasteiger partial charge in [-0.25, -0.2) is 4.39 Å². The first-order valence-electron chi connectivity index (χ1n) is 21.6. The first kappa shape index (κ1) is 43.1. The molecule has 1 aromatic rings. The van der Waals surface area contributed by atoms with Gasteiger partial charge in [-0.1, -0.05) is 12.2 Å². The van der Waals surface area contributed by atoms with Crippen molar-refractivity contribution in [3.8, 4) is 0 Å². The monoisotopic (exact) mass is 811 g/mol. The molecule has 2 aliphatic carbocycles. The Kier molecular flexibility index (Phi) is 16.7. The zero-order chi connectivity index (χ0) is 40.0. The predicted octanol–water partition coefficient (Wildman–Crippen LogP) is 10.7. The lowest BCUT2D eigenvalue weighted by Crippen LogP contribution is -2.22. The summed E-state index contributed by atoms with van der Waals surface area (Å²) in [6.07, 6.45) is 29.5. The first-order valence-corrected chi connectivity index (χ1v) is 22.5. The summed E-state index contributed by atoms with van der Waals surface area (Å²) in [4.78, 5) is 20.9. The number of rotatable bonds is 5. The molecule has 10 heteroatoms. The van der Waals surface area contributed by atoms with Gasteiger partial charge in [0.25, 0.3) is 0 Å². The summed E-state index contributed by atoms with van der Waals surface area (Å²) in [5, 5.41) is 3.29. The summed E-state index contributed by atoms with van der Waals surface area (Å²) in [6, 6.07) is 6.45. The minimum atomic E-state index is -0.0712. The van der Waals surface area contributed by atoms with Gasteiger partial charge in [-0.2, -0.15) is 0 Å². The normalized spacial score (nSPS) is 26.3. The van der Waals surface area contributed by atoms with Crippen molar-refractivity contribution in [3.05, 3.63) is 99.8 Å². The maximum atomic E-state index is 14.8. The Bertz CT molecular complexity index is 1810. The fourth-order valence-electron chi connectivity index (χ4n) is 8.29. The number of thiol groups is 2. The van der Waals surface area contributed by atoms with Crippen molar-refractivity contribution >= 4 is 48.1 Å². The topological polar surface area (TPSA) is 49.7 Å². The van der Waals surface area contributed by atoms with E-state index in [4.69, 9.17) is 9.98 Å². The van der Waals surface area contributed by atoms with Gasteiger partial charge in [0.1, 0.15) is 5.83 Å². The predicted molar refractivity (Wildman–Crippen MR) is 247 cm³/mol. The van der Waals surface area contributed by atoms with Gasteiger partial charge in [0.15, 0.2) is 0 Å². The molecule has 0 radical (unpaired) electrons. The van der Waals surface area contributed by atoms with E-state index in [0.29, 0.717) is 0 Å². The third kappa shape index (κ3) is 12.8. The average Bonchev–Trinajstić information content (AvgIpc) is 4.07. The maximum absolute atomic E-state index is 14.8. The van der Waals surface area contributed by atoms with E-state index in [1.165, 1.54) is 76.1 Å². The molecule has 0 unspecified atom stereocenters. The summed E-state index contributed by atoms with van der Waals surface area (Å²) < 4.78 is 14.8. The van der Waals surface area contributed by atoms with Crippen molar-refractivity contribution in [1.82, 2.24) is 20.0 Å². The SMILES string of the molecule is CC1=CC(N2CCCC2)=C(F)CC1=NC1=C(S)/C=C/NCCCC/C=C\1C.CN1CCCC1.Sc1cc(N2CCCC2)ccc1N=C1C=CC(N2CCCC2)=CC1. The number of nitrogens with zero attached hydrogens (tertiary/aromatic N) is 6. The number of halogens is 1. The van der Waals surface area contributed by atoms with Crippen LogP contribution in [0.25, 0.3) is 0 Å². The first-order chi connectivity index (χ1) is 27.7. The number of benzene rings is 1. The molecule has 5 heterocycles. The van der Waals surface area contributed by atoms with Crippen molar-refractivity contribution < 1.29 is 4.39 Å². The van der Waals surface area contributed by atoms with Crippen molar-refractivity contribution in [2.75, 3.05) is 70.9 Å². The van der Waals surface area contributed by atoms with Gasteiger partial charge in [-0.05, 0) is 164 Å². The zero-order valence-electron chi connectivity index (χ0n) is 34.8. The molecular formula is C47H66FN7S2. The lowest BCUT2D eigenvalue weighted by molar-refractivity contribution is 0.413. The highest BCUT2D eigenvalue weighted by atomic mass is 32.1. The molecule has 0 atom stereocenters. The van der Waals surface area contributed by atoms with Gasteiger partial charge in [0, 0.05) is 85.6 Å². The molecular weight excluding hydrogens is 746 g/mol. The minimum Gasteiger partial charge on any atom is -0.391 e. The van der Waals surface area contributed by atoms with Crippen molar-refractivity contribution in [3.63, 3.8) is 0 Å². The van der Waals surface area contributed by atoms with Crippen LogP contribution in [0, 0.1) is 0 Å². The zero-order valence-corrected chi connectivity index (χ0v) is 36.6. The van der Waals surface area contributed by atoms with Crippen molar-refractivity contribution in [1.29, 1.82) is 0 Å². The third-order valence-electron chi connectivity index (χ3n) is 11.8. The average molecular weight is 812 g/mol. The van der Waals surface area contributed by atoms with Crippen LogP contribution in [0.3, 0.4) is 0 Å². The van der Waals surface area contributed by atoms with Crippen LogP contribution in [0.4, 0.5) is 15.8 Å². The highest BCUT2D eigenvalue weighted by Crippen LogP contribution is 2.33. The lowest BCUT2D eigenvalue weighted by atomic mass is 9.99. The van der Waals surface area contributed by atoms with Gasteiger partial charge in [-0.3, -0.25) is 9.98 Å². The van der Waals surface area contributed by atoms with E-state index in [-0.39, 0.29) is 12.2 Å². The molecule has 8 rings (SSSR count). The van der Waals surface area contributed by atoms with Crippen LogP contribution < -0.4 is 10.2 Å². The molecule has 1 N–H and O–H groups in total. The van der Waals surface area contributed by atoms with Crippen molar-refractivity contribution in [2.24, 2.45) is 9.98 Å². The van der Waals surface area contributed by atoms with Gasteiger partial charge in [0.05, 0.1) is 22.8 Å². The number of anilines is 1. The number of hydrogen-bond acceptors (Lipinski definition) is 9. The van der Waals surface area contributed by atoms with Crippen LogP contribution in [0.15, 0.2) is 115 Å². The molecule has 308 valence electrons. The summed E-state index contributed by atoms with van der Waals surface area (Å²) in [5.41, 5.74) is 9.24. The van der Waals surface area contributed by atoms with Crippen LogP contribution in [0.1, 0.15) is 97.3 Å². The Morgan fingerprint density at radius 3 is 2.00 bits per heavy atom. The Labute approximate surface area is 353 Å². The van der Waals surface area contributed by atoms with E-state index in [1.54, 1.807) is 0 Å². The van der Waals surface area contributed by atoms with E-state index in [2.05, 4.69) is 107 Å². The second kappa shape index (κ2) is 22.1. The van der Waals surface area contributed by atoms with Gasteiger partial charge < -0.3 is 24.9 Å². The van der Waals surface area contributed by atoms with Crippen LogP contribution in [-0.4, -0.2) is 92.1 Å². The molecule has 1 aromatic carbocycles. The molecule has 0 bridgehead atoms. The number of allylic oxidation sites excluding steroid dienone is 9. The highest BCUT2D eigenvalue weighted by Gasteiger charge is 2.24. The maximum Gasteiger partial charge on any atom is 0.129 e. The Morgan fingerprint density at radius 1 is 0.702 bits per heavy atom. The number of nitrogens with one attached hydrogen (secondary N) is 1. The molecule has 7 nitrogen and oxygen atoms in total. The van der Waals surface area contributed by atoms with E-state index in [9.17, 15) is 4.39 Å². The molecule has 7 aliphatic rings. The Hall–Kier alpha value is -3.47. The molecule has 0 amide bonds. The largest absolute Gasteiger partial charge is 0.391 e. The van der Waals surface area contributed by atoms with Gasteiger partial charge in [-0.15, -0.1) is 25.3 Å². The number of aliphatic imine (C=N–C) groups is 2. The number of hydrogen-bond donors (Lipinski definition) is 3. The third-order valence-corrected chi connectivity index (χ3v) is 12.5. The fourth-order valence-corrected chi connectivity index (χ4v) is 8.85. The summed E-state index contributed by atoms with van der Waals surface area (Å²) >= 11 is 9.33. The highest BCUT2D eigenvalue weighted by molar-refractivity contribution is 7.84. The Morgan fingerprint density at radius 2 is 1.37 bits per heavy atom. The fraction of sp³-hybridized carbons (Fsp3) is 0.532. The molecule has 4 fully saturated rings. The van der Waals surface area contributed by atoms with Crippen LogP contribution >= 0.6 is 25.3 Å².